The van der Waals surface area contributed by atoms with Crippen LogP contribution in [0.4, 0.5) is 5.69 Å². The number of benzene rings is 2. The number of likely N-dealkylation sites (tertiary alicyclic amines) is 1. The molecule has 29 heavy (non-hydrogen) atoms. The van der Waals surface area contributed by atoms with E-state index in [9.17, 15) is 9.59 Å². The number of piperidine rings is 1. The molecule has 2 aromatic carbocycles. The minimum atomic E-state index is -0.650. The molecule has 2 amide bonds. The second-order valence-electron chi connectivity index (χ2n) is 7.26. The van der Waals surface area contributed by atoms with Crippen LogP contribution in [0, 0.1) is 6.92 Å². The number of carbonyl (C=O) groups is 2. The highest BCUT2D eigenvalue weighted by Gasteiger charge is 2.33. The van der Waals surface area contributed by atoms with Crippen LogP contribution in [0.15, 0.2) is 66.9 Å². The summed E-state index contributed by atoms with van der Waals surface area (Å²) in [7, 11) is 0. The number of rotatable bonds is 5. The van der Waals surface area contributed by atoms with Crippen molar-refractivity contribution in [2.45, 2.75) is 32.2 Å². The Bertz CT molecular complexity index is 998. The van der Waals surface area contributed by atoms with Gasteiger partial charge in [-0.05, 0) is 37.5 Å². The van der Waals surface area contributed by atoms with Crippen LogP contribution in [0.5, 0.6) is 0 Å². The zero-order valence-corrected chi connectivity index (χ0v) is 16.4. The molecule has 4 rings (SSSR count). The lowest BCUT2D eigenvalue weighted by atomic mass is 10.0. The zero-order valence-electron chi connectivity index (χ0n) is 16.4. The number of anilines is 1. The summed E-state index contributed by atoms with van der Waals surface area (Å²) in [5, 5.41) is 7.52. The highest BCUT2D eigenvalue weighted by Crippen LogP contribution is 2.28. The number of carbonyl (C=O) groups excluding carboxylic acids is 2. The van der Waals surface area contributed by atoms with Gasteiger partial charge in [0.05, 0.1) is 23.3 Å². The van der Waals surface area contributed by atoms with Crippen molar-refractivity contribution in [2.75, 3.05) is 11.9 Å². The number of amides is 2. The smallest absolute Gasteiger partial charge is 0.251 e. The third-order valence-electron chi connectivity index (χ3n) is 5.21. The molecule has 3 aromatic rings. The average molecular weight is 388 g/mol. The molecule has 6 nitrogen and oxygen atoms in total. The van der Waals surface area contributed by atoms with E-state index in [0.717, 1.165) is 29.8 Å². The first-order valence-electron chi connectivity index (χ1n) is 9.90. The molecule has 1 aliphatic rings. The van der Waals surface area contributed by atoms with Crippen molar-refractivity contribution in [3.63, 3.8) is 0 Å². The molecular formula is C23H24N4O2. The van der Waals surface area contributed by atoms with Gasteiger partial charge in [-0.3, -0.25) is 9.59 Å². The Hall–Kier alpha value is -3.41. The van der Waals surface area contributed by atoms with E-state index < -0.39 is 6.04 Å². The van der Waals surface area contributed by atoms with E-state index in [2.05, 4.69) is 10.4 Å². The van der Waals surface area contributed by atoms with Crippen molar-refractivity contribution >= 4 is 17.5 Å². The average Bonchev–Trinajstić information content (AvgIpc) is 3.11. The lowest BCUT2D eigenvalue weighted by molar-refractivity contribution is -0.141. The van der Waals surface area contributed by atoms with Crippen molar-refractivity contribution in [2.24, 2.45) is 0 Å². The van der Waals surface area contributed by atoms with Gasteiger partial charge in [-0.25, -0.2) is 4.68 Å². The number of hydrogen-bond donors (Lipinski definition) is 1. The zero-order chi connectivity index (χ0) is 20.2. The Balaban J connectivity index is 1.62. The molecule has 148 valence electrons. The Morgan fingerprint density at radius 2 is 1.72 bits per heavy atom. The summed E-state index contributed by atoms with van der Waals surface area (Å²) in [6.45, 7) is 2.45. The van der Waals surface area contributed by atoms with Crippen LogP contribution in [0.3, 0.4) is 0 Å². The molecule has 2 heterocycles. The molecule has 1 atom stereocenters. The molecule has 1 unspecified atom stereocenters. The van der Waals surface area contributed by atoms with Gasteiger partial charge in [0.25, 0.3) is 5.91 Å². The minimum absolute atomic E-state index is 0.0250. The van der Waals surface area contributed by atoms with E-state index in [1.807, 2.05) is 73.8 Å². The molecule has 6 heteroatoms. The first kappa shape index (κ1) is 18.9. The van der Waals surface area contributed by atoms with Gasteiger partial charge in [0.15, 0.2) is 0 Å². The van der Waals surface area contributed by atoms with Gasteiger partial charge in [-0.2, -0.15) is 5.10 Å². The van der Waals surface area contributed by atoms with E-state index in [1.54, 1.807) is 9.58 Å². The van der Waals surface area contributed by atoms with Crippen LogP contribution in [0.25, 0.3) is 5.69 Å². The number of nitrogens with one attached hydrogen (secondary N) is 1. The standard InChI is InChI=1S/C23H24N4O2/c1-17-20(16-27(25-17)19-12-6-3-7-13-19)24-23(29)22(18-10-4-2-5-11-18)26-15-9-8-14-21(26)28/h2-7,10-13,16,22H,8-9,14-15H2,1H3,(H,24,29). The van der Waals surface area contributed by atoms with Gasteiger partial charge in [0.1, 0.15) is 6.04 Å². The number of aromatic nitrogens is 2. The van der Waals surface area contributed by atoms with Crippen LogP contribution in [-0.2, 0) is 9.59 Å². The summed E-state index contributed by atoms with van der Waals surface area (Å²) in [6, 6.07) is 18.6. The Morgan fingerprint density at radius 3 is 2.41 bits per heavy atom. The molecule has 1 N–H and O–H groups in total. The first-order valence-corrected chi connectivity index (χ1v) is 9.90. The topological polar surface area (TPSA) is 67.2 Å². The van der Waals surface area contributed by atoms with E-state index in [-0.39, 0.29) is 11.8 Å². The second-order valence-corrected chi connectivity index (χ2v) is 7.26. The Kier molecular flexibility index (Phi) is 5.42. The number of para-hydroxylation sites is 1. The van der Waals surface area contributed by atoms with E-state index in [1.165, 1.54) is 0 Å². The summed E-state index contributed by atoms with van der Waals surface area (Å²) < 4.78 is 1.74. The Labute approximate surface area is 170 Å². The lowest BCUT2D eigenvalue weighted by Gasteiger charge is -2.34. The van der Waals surface area contributed by atoms with E-state index in [0.29, 0.717) is 18.7 Å². The maximum atomic E-state index is 13.3. The van der Waals surface area contributed by atoms with Crippen molar-refractivity contribution in [1.82, 2.24) is 14.7 Å². The molecular weight excluding hydrogens is 364 g/mol. The van der Waals surface area contributed by atoms with Crippen molar-refractivity contribution in [1.29, 1.82) is 0 Å². The predicted octanol–water partition coefficient (Wildman–Crippen LogP) is 3.87. The van der Waals surface area contributed by atoms with E-state index >= 15 is 0 Å². The van der Waals surface area contributed by atoms with Crippen molar-refractivity contribution in [3.8, 4) is 5.69 Å². The van der Waals surface area contributed by atoms with Gasteiger partial charge in [-0.15, -0.1) is 0 Å². The van der Waals surface area contributed by atoms with Crippen LogP contribution in [-0.4, -0.2) is 33.0 Å². The predicted molar refractivity (Wildman–Crippen MR) is 112 cm³/mol. The van der Waals surface area contributed by atoms with Gasteiger partial charge in [0, 0.05) is 13.0 Å². The largest absolute Gasteiger partial charge is 0.327 e. The lowest BCUT2D eigenvalue weighted by Crippen LogP contribution is -2.43. The third-order valence-corrected chi connectivity index (χ3v) is 5.21. The highest BCUT2D eigenvalue weighted by atomic mass is 16.2. The van der Waals surface area contributed by atoms with E-state index in [4.69, 9.17) is 0 Å². The van der Waals surface area contributed by atoms with Gasteiger partial charge in [0.2, 0.25) is 5.91 Å². The molecule has 0 saturated carbocycles. The minimum Gasteiger partial charge on any atom is -0.327 e. The molecule has 1 aliphatic heterocycles. The van der Waals surface area contributed by atoms with Gasteiger partial charge < -0.3 is 10.2 Å². The fourth-order valence-electron chi connectivity index (χ4n) is 3.70. The molecule has 0 aliphatic carbocycles. The summed E-state index contributed by atoms with van der Waals surface area (Å²) in [4.78, 5) is 27.6. The summed E-state index contributed by atoms with van der Waals surface area (Å²) in [5.74, 6) is -0.195. The summed E-state index contributed by atoms with van der Waals surface area (Å²) in [6.07, 6.45) is 4.08. The fourth-order valence-corrected chi connectivity index (χ4v) is 3.70. The Morgan fingerprint density at radius 1 is 1.03 bits per heavy atom. The molecule has 1 fully saturated rings. The first-order chi connectivity index (χ1) is 14.1. The quantitative estimate of drug-likeness (QED) is 0.721. The third kappa shape index (κ3) is 4.06. The molecule has 0 bridgehead atoms. The normalized spacial score (nSPS) is 15.2. The van der Waals surface area contributed by atoms with Crippen molar-refractivity contribution < 1.29 is 9.59 Å². The summed E-state index contributed by atoms with van der Waals surface area (Å²) in [5.41, 5.74) is 3.10. The maximum Gasteiger partial charge on any atom is 0.251 e. The van der Waals surface area contributed by atoms with Crippen molar-refractivity contribution in [3.05, 3.63) is 78.1 Å². The summed E-state index contributed by atoms with van der Waals surface area (Å²) >= 11 is 0. The van der Waals surface area contributed by atoms with Crippen LogP contribution in [0.1, 0.15) is 36.6 Å². The maximum absolute atomic E-state index is 13.3. The van der Waals surface area contributed by atoms with Crippen LogP contribution >= 0.6 is 0 Å². The SMILES string of the molecule is Cc1nn(-c2ccccc2)cc1NC(=O)C(c1ccccc1)N1CCCCC1=O. The number of aryl methyl sites for hydroxylation is 1. The number of nitrogens with zero attached hydrogens (tertiary/aromatic N) is 3. The number of hydrogen-bond acceptors (Lipinski definition) is 3. The molecule has 1 saturated heterocycles. The van der Waals surface area contributed by atoms with Gasteiger partial charge in [-0.1, -0.05) is 48.5 Å². The molecule has 0 spiro atoms. The van der Waals surface area contributed by atoms with Gasteiger partial charge >= 0.3 is 0 Å². The van der Waals surface area contributed by atoms with Crippen LogP contribution < -0.4 is 5.32 Å². The molecule has 0 radical (unpaired) electrons. The second kappa shape index (κ2) is 8.31. The molecule has 1 aromatic heterocycles. The highest BCUT2D eigenvalue weighted by molar-refractivity contribution is 5.98. The van der Waals surface area contributed by atoms with Crippen LogP contribution in [0.2, 0.25) is 0 Å². The fraction of sp³-hybridized carbons (Fsp3) is 0.261. The monoisotopic (exact) mass is 388 g/mol.